The molecular weight excluding hydrogens is 362 g/mol. The fourth-order valence-electron chi connectivity index (χ4n) is 2.80. The lowest BCUT2D eigenvalue weighted by atomic mass is 9.97. The maximum atomic E-state index is 11.9. The van der Waals surface area contributed by atoms with Crippen LogP contribution in [0.4, 0.5) is 10.9 Å². The highest BCUT2D eigenvalue weighted by Gasteiger charge is 2.20. The maximum absolute atomic E-state index is 11.9. The van der Waals surface area contributed by atoms with E-state index in [1.54, 1.807) is 17.5 Å². The number of hydrogen-bond acceptors (Lipinski definition) is 8. The monoisotopic (exact) mass is 377 g/mol. The summed E-state index contributed by atoms with van der Waals surface area (Å²) in [5.74, 6) is 0.639. The molecule has 0 saturated carbocycles. The third-order valence-electron chi connectivity index (χ3n) is 3.83. The highest BCUT2D eigenvalue weighted by atomic mass is 32.2. The average Bonchev–Trinajstić information content (AvgIpc) is 3.19. The predicted molar refractivity (Wildman–Crippen MR) is 99.9 cm³/mol. The van der Waals surface area contributed by atoms with Crippen molar-refractivity contribution >= 4 is 61.5 Å². The molecule has 3 aromatic heterocycles. The van der Waals surface area contributed by atoms with Crippen LogP contribution in [-0.4, -0.2) is 26.6 Å². The first kappa shape index (κ1) is 15.8. The Bertz CT molecular complexity index is 890. The molecule has 0 fully saturated rings. The standard InChI is InChI=1S/C15H15N5OS3/c16-12-11-8-3-1-2-4-9(8)24-13(11)20-15(19-12)23-7-10(21)18-14-17-5-6-22-14/h5-6H,1-4,7H2,(H2,16,19,20)(H,17,18,21). The summed E-state index contributed by atoms with van der Waals surface area (Å²) in [4.78, 5) is 27.3. The van der Waals surface area contributed by atoms with Crippen molar-refractivity contribution in [2.75, 3.05) is 16.8 Å². The quantitative estimate of drug-likeness (QED) is 0.535. The molecule has 3 aromatic rings. The van der Waals surface area contributed by atoms with Gasteiger partial charge in [-0.25, -0.2) is 15.0 Å². The topological polar surface area (TPSA) is 93.8 Å². The van der Waals surface area contributed by atoms with E-state index < -0.39 is 0 Å². The molecule has 1 aliphatic rings. The van der Waals surface area contributed by atoms with Crippen molar-refractivity contribution in [3.8, 4) is 0 Å². The number of nitrogens with two attached hydrogens (primary N) is 1. The molecule has 0 radical (unpaired) electrons. The predicted octanol–water partition coefficient (Wildman–Crippen LogP) is 3.34. The summed E-state index contributed by atoms with van der Waals surface area (Å²) in [6, 6.07) is 0. The van der Waals surface area contributed by atoms with Crippen molar-refractivity contribution in [2.24, 2.45) is 0 Å². The number of anilines is 2. The Kier molecular flexibility index (Phi) is 4.38. The summed E-state index contributed by atoms with van der Waals surface area (Å²) in [5.41, 5.74) is 7.51. The van der Waals surface area contributed by atoms with Crippen molar-refractivity contribution in [3.63, 3.8) is 0 Å². The van der Waals surface area contributed by atoms with E-state index >= 15 is 0 Å². The average molecular weight is 378 g/mol. The van der Waals surface area contributed by atoms with Gasteiger partial charge in [-0.3, -0.25) is 4.79 Å². The number of aryl methyl sites for hydroxylation is 2. The molecule has 0 bridgehead atoms. The van der Waals surface area contributed by atoms with E-state index in [1.807, 2.05) is 5.38 Å². The molecule has 0 saturated heterocycles. The van der Waals surface area contributed by atoms with Gasteiger partial charge in [0.25, 0.3) is 0 Å². The van der Waals surface area contributed by atoms with Crippen LogP contribution in [0.1, 0.15) is 23.3 Å². The number of rotatable bonds is 4. The Morgan fingerprint density at radius 1 is 1.33 bits per heavy atom. The van der Waals surface area contributed by atoms with Crippen LogP contribution >= 0.6 is 34.4 Å². The van der Waals surface area contributed by atoms with Gasteiger partial charge in [-0.1, -0.05) is 11.8 Å². The van der Waals surface area contributed by atoms with Gasteiger partial charge < -0.3 is 11.1 Å². The molecule has 0 unspecified atom stereocenters. The van der Waals surface area contributed by atoms with E-state index in [9.17, 15) is 4.79 Å². The van der Waals surface area contributed by atoms with Gasteiger partial charge in [-0.2, -0.15) is 0 Å². The molecule has 3 N–H and O–H groups in total. The van der Waals surface area contributed by atoms with Crippen molar-refractivity contribution in [3.05, 3.63) is 22.0 Å². The number of carbonyl (C=O) groups is 1. The molecule has 0 aromatic carbocycles. The highest BCUT2D eigenvalue weighted by Crippen LogP contribution is 2.38. The molecular formula is C15H15N5OS3. The zero-order valence-corrected chi connectivity index (χ0v) is 15.2. The number of nitrogens with zero attached hydrogens (tertiary/aromatic N) is 3. The van der Waals surface area contributed by atoms with Gasteiger partial charge in [0.2, 0.25) is 5.91 Å². The number of hydrogen-bond donors (Lipinski definition) is 2. The van der Waals surface area contributed by atoms with Crippen LogP contribution in [0.15, 0.2) is 16.7 Å². The van der Waals surface area contributed by atoms with E-state index in [1.165, 1.54) is 46.4 Å². The Morgan fingerprint density at radius 2 is 2.21 bits per heavy atom. The van der Waals surface area contributed by atoms with E-state index in [4.69, 9.17) is 5.73 Å². The van der Waals surface area contributed by atoms with Crippen molar-refractivity contribution in [1.82, 2.24) is 15.0 Å². The first-order valence-corrected chi connectivity index (χ1v) is 10.3. The second kappa shape index (κ2) is 6.66. The summed E-state index contributed by atoms with van der Waals surface area (Å²) >= 11 is 4.40. The summed E-state index contributed by atoms with van der Waals surface area (Å²) in [5, 5.41) is 6.73. The first-order chi connectivity index (χ1) is 11.7. The minimum Gasteiger partial charge on any atom is -0.383 e. The Hall–Kier alpha value is -1.71. The zero-order chi connectivity index (χ0) is 16.5. The van der Waals surface area contributed by atoms with Crippen LogP contribution < -0.4 is 11.1 Å². The van der Waals surface area contributed by atoms with Gasteiger partial charge in [0.1, 0.15) is 10.6 Å². The summed E-state index contributed by atoms with van der Waals surface area (Å²) < 4.78 is 0. The lowest BCUT2D eigenvalue weighted by Gasteiger charge is -2.10. The number of aromatic nitrogens is 3. The van der Waals surface area contributed by atoms with Gasteiger partial charge in [-0.05, 0) is 31.2 Å². The number of nitrogen functional groups attached to an aromatic ring is 1. The van der Waals surface area contributed by atoms with Crippen LogP contribution in [0.25, 0.3) is 10.2 Å². The third kappa shape index (κ3) is 3.11. The number of fused-ring (bicyclic) bond motifs is 3. The van der Waals surface area contributed by atoms with Crippen LogP contribution in [0.5, 0.6) is 0 Å². The highest BCUT2D eigenvalue weighted by molar-refractivity contribution is 7.99. The molecule has 6 nitrogen and oxygen atoms in total. The molecule has 3 heterocycles. The molecule has 1 aliphatic carbocycles. The van der Waals surface area contributed by atoms with E-state index in [-0.39, 0.29) is 11.7 Å². The van der Waals surface area contributed by atoms with Gasteiger partial charge in [0, 0.05) is 16.5 Å². The number of carbonyl (C=O) groups excluding carboxylic acids is 1. The molecule has 0 aliphatic heterocycles. The minimum absolute atomic E-state index is 0.123. The number of thioether (sulfide) groups is 1. The Labute approximate surface area is 150 Å². The second-order valence-corrected chi connectivity index (χ2v) is 8.38. The van der Waals surface area contributed by atoms with Gasteiger partial charge >= 0.3 is 0 Å². The molecule has 124 valence electrons. The van der Waals surface area contributed by atoms with Crippen LogP contribution in [0.2, 0.25) is 0 Å². The number of amides is 1. The van der Waals surface area contributed by atoms with E-state index in [0.717, 1.165) is 23.1 Å². The van der Waals surface area contributed by atoms with Gasteiger partial charge in [0.05, 0.1) is 11.1 Å². The fourth-order valence-corrected chi connectivity index (χ4v) is 5.32. The largest absolute Gasteiger partial charge is 0.383 e. The third-order valence-corrected chi connectivity index (χ3v) is 6.55. The van der Waals surface area contributed by atoms with Gasteiger partial charge in [0.15, 0.2) is 10.3 Å². The molecule has 1 amide bonds. The molecule has 0 spiro atoms. The molecule has 9 heteroatoms. The lowest BCUT2D eigenvalue weighted by molar-refractivity contribution is -0.113. The molecule has 24 heavy (non-hydrogen) atoms. The summed E-state index contributed by atoms with van der Waals surface area (Å²) in [6.07, 6.45) is 6.25. The molecule has 4 rings (SSSR count). The Balaban J connectivity index is 1.51. The van der Waals surface area contributed by atoms with Crippen molar-refractivity contribution in [2.45, 2.75) is 30.8 Å². The normalized spacial score (nSPS) is 13.8. The lowest BCUT2D eigenvalue weighted by Crippen LogP contribution is -2.14. The van der Waals surface area contributed by atoms with Crippen molar-refractivity contribution < 1.29 is 4.79 Å². The van der Waals surface area contributed by atoms with Crippen LogP contribution in [-0.2, 0) is 17.6 Å². The van der Waals surface area contributed by atoms with E-state index in [0.29, 0.717) is 16.1 Å². The minimum atomic E-state index is -0.123. The van der Waals surface area contributed by atoms with Gasteiger partial charge in [-0.15, -0.1) is 22.7 Å². The van der Waals surface area contributed by atoms with E-state index in [2.05, 4.69) is 20.3 Å². The first-order valence-electron chi connectivity index (χ1n) is 7.60. The smallest absolute Gasteiger partial charge is 0.236 e. The maximum Gasteiger partial charge on any atom is 0.236 e. The number of thiophene rings is 1. The second-order valence-electron chi connectivity index (χ2n) is 5.46. The molecule has 0 atom stereocenters. The van der Waals surface area contributed by atoms with Crippen molar-refractivity contribution in [1.29, 1.82) is 0 Å². The summed E-state index contributed by atoms with van der Waals surface area (Å²) in [6.45, 7) is 0. The number of thiazole rings is 1. The van der Waals surface area contributed by atoms with Crippen LogP contribution in [0.3, 0.4) is 0 Å². The van der Waals surface area contributed by atoms with Crippen LogP contribution in [0, 0.1) is 0 Å². The fraction of sp³-hybridized carbons (Fsp3) is 0.333. The SMILES string of the molecule is Nc1nc(SCC(=O)Nc2nccs2)nc2sc3c(c12)CCCC3. The summed E-state index contributed by atoms with van der Waals surface area (Å²) in [7, 11) is 0. The Morgan fingerprint density at radius 3 is 3.04 bits per heavy atom. The number of nitrogens with one attached hydrogen (secondary N) is 1. The zero-order valence-electron chi connectivity index (χ0n) is 12.7.